The Morgan fingerprint density at radius 3 is 2.58 bits per heavy atom. The number of hydrogen-bond acceptors (Lipinski definition) is 6. The van der Waals surface area contributed by atoms with Gasteiger partial charge in [0.05, 0.1) is 6.61 Å². The van der Waals surface area contributed by atoms with Crippen LogP contribution in [0.4, 0.5) is 19.1 Å². The predicted octanol–water partition coefficient (Wildman–Crippen LogP) is 1.32. The summed E-state index contributed by atoms with van der Waals surface area (Å²) in [6, 6.07) is 0.715. The Morgan fingerprint density at radius 2 is 2.00 bits per heavy atom. The van der Waals surface area contributed by atoms with E-state index in [1.165, 1.54) is 0 Å². The molecular weight excluding hydrogens is 265 g/mol. The smallest absolute Gasteiger partial charge is 0.433 e. The van der Waals surface area contributed by atoms with Gasteiger partial charge in [-0.05, 0) is 19.3 Å². The standard InChI is InChI=1S/C10H15F3N4O2/c11-10(12,13)7-6-8(16-9(15-7)17-14)19-5-3-1-2-4-18/h6,18H,1-5,14H2,(H,15,16,17). The molecule has 0 aliphatic carbocycles. The van der Waals surface area contributed by atoms with Gasteiger partial charge < -0.3 is 9.84 Å². The number of anilines is 1. The van der Waals surface area contributed by atoms with E-state index in [4.69, 9.17) is 15.7 Å². The van der Waals surface area contributed by atoms with Crippen molar-refractivity contribution >= 4 is 5.95 Å². The van der Waals surface area contributed by atoms with Crippen molar-refractivity contribution in [3.05, 3.63) is 11.8 Å². The van der Waals surface area contributed by atoms with Gasteiger partial charge >= 0.3 is 6.18 Å². The molecule has 1 heterocycles. The van der Waals surface area contributed by atoms with Gasteiger partial charge in [0.25, 0.3) is 0 Å². The highest BCUT2D eigenvalue weighted by Gasteiger charge is 2.34. The van der Waals surface area contributed by atoms with Crippen molar-refractivity contribution in [2.45, 2.75) is 25.4 Å². The van der Waals surface area contributed by atoms with Crippen LogP contribution in [0.15, 0.2) is 6.07 Å². The molecule has 9 heteroatoms. The lowest BCUT2D eigenvalue weighted by molar-refractivity contribution is -0.141. The number of ether oxygens (including phenoxy) is 1. The van der Waals surface area contributed by atoms with Crippen molar-refractivity contribution in [1.29, 1.82) is 0 Å². The summed E-state index contributed by atoms with van der Waals surface area (Å²) in [5.41, 5.74) is 0.831. The van der Waals surface area contributed by atoms with Gasteiger partial charge in [0.15, 0.2) is 5.69 Å². The molecule has 1 aromatic heterocycles. The van der Waals surface area contributed by atoms with E-state index in [1.807, 2.05) is 5.43 Å². The highest BCUT2D eigenvalue weighted by atomic mass is 19.4. The normalized spacial score (nSPS) is 11.4. The molecule has 6 nitrogen and oxygen atoms in total. The number of nitrogens with zero attached hydrogens (tertiary/aromatic N) is 2. The minimum atomic E-state index is -4.59. The topological polar surface area (TPSA) is 93.3 Å². The highest BCUT2D eigenvalue weighted by Crippen LogP contribution is 2.30. The molecule has 1 rings (SSSR count). The lowest BCUT2D eigenvalue weighted by Gasteiger charge is -2.10. The minimum Gasteiger partial charge on any atom is -0.478 e. The Balaban J connectivity index is 2.67. The second-order valence-electron chi connectivity index (χ2n) is 3.69. The molecule has 0 saturated carbocycles. The monoisotopic (exact) mass is 280 g/mol. The van der Waals surface area contributed by atoms with Crippen molar-refractivity contribution < 1.29 is 23.0 Å². The van der Waals surface area contributed by atoms with Crippen molar-refractivity contribution in [2.75, 3.05) is 18.6 Å². The number of alkyl halides is 3. The second-order valence-corrected chi connectivity index (χ2v) is 3.69. The van der Waals surface area contributed by atoms with E-state index in [0.717, 1.165) is 6.42 Å². The summed E-state index contributed by atoms with van der Waals surface area (Å²) in [4.78, 5) is 6.86. The number of hydrogen-bond donors (Lipinski definition) is 3. The van der Waals surface area contributed by atoms with E-state index >= 15 is 0 Å². The fourth-order valence-corrected chi connectivity index (χ4v) is 1.28. The number of nitrogens with two attached hydrogens (primary N) is 1. The van der Waals surface area contributed by atoms with Gasteiger partial charge in [-0.25, -0.2) is 10.8 Å². The van der Waals surface area contributed by atoms with Gasteiger partial charge in [0, 0.05) is 12.7 Å². The predicted molar refractivity (Wildman–Crippen MR) is 61.3 cm³/mol. The number of aromatic nitrogens is 2. The molecule has 4 N–H and O–H groups in total. The lowest BCUT2D eigenvalue weighted by Crippen LogP contribution is -2.16. The number of aliphatic hydroxyl groups excluding tert-OH is 1. The van der Waals surface area contributed by atoms with Crippen LogP contribution < -0.4 is 16.0 Å². The van der Waals surface area contributed by atoms with Gasteiger partial charge in [0.2, 0.25) is 11.8 Å². The number of halogens is 3. The number of rotatable bonds is 7. The number of hydrazine groups is 1. The molecule has 0 atom stereocenters. The molecule has 0 spiro atoms. The Kier molecular flexibility index (Phi) is 5.77. The van der Waals surface area contributed by atoms with Crippen LogP contribution in [0.5, 0.6) is 5.88 Å². The molecule has 19 heavy (non-hydrogen) atoms. The van der Waals surface area contributed by atoms with Crippen LogP contribution >= 0.6 is 0 Å². The van der Waals surface area contributed by atoms with Crippen molar-refractivity contribution in [3.8, 4) is 5.88 Å². The van der Waals surface area contributed by atoms with Crippen LogP contribution in [-0.4, -0.2) is 28.3 Å². The van der Waals surface area contributed by atoms with Crippen LogP contribution in [-0.2, 0) is 6.18 Å². The molecule has 0 unspecified atom stereocenters. The summed E-state index contributed by atoms with van der Waals surface area (Å²) in [5.74, 6) is 4.44. The Morgan fingerprint density at radius 1 is 1.26 bits per heavy atom. The number of unbranched alkanes of at least 4 members (excludes halogenated alkanes) is 2. The van der Waals surface area contributed by atoms with Crippen LogP contribution in [0.3, 0.4) is 0 Å². The largest absolute Gasteiger partial charge is 0.478 e. The van der Waals surface area contributed by atoms with Crippen LogP contribution in [0.25, 0.3) is 0 Å². The van der Waals surface area contributed by atoms with E-state index in [9.17, 15) is 13.2 Å². The second kappa shape index (κ2) is 7.10. The third kappa shape index (κ3) is 5.26. The lowest BCUT2D eigenvalue weighted by atomic mass is 10.2. The average molecular weight is 280 g/mol. The van der Waals surface area contributed by atoms with Gasteiger partial charge in [0.1, 0.15) is 0 Å². The van der Waals surface area contributed by atoms with Crippen molar-refractivity contribution in [3.63, 3.8) is 0 Å². The maximum Gasteiger partial charge on any atom is 0.433 e. The number of nitrogens with one attached hydrogen (secondary N) is 1. The third-order valence-electron chi connectivity index (χ3n) is 2.17. The van der Waals surface area contributed by atoms with E-state index in [2.05, 4.69) is 9.97 Å². The molecule has 0 amide bonds. The van der Waals surface area contributed by atoms with Crippen molar-refractivity contribution in [1.82, 2.24) is 9.97 Å². The van der Waals surface area contributed by atoms with E-state index in [0.29, 0.717) is 18.9 Å². The summed E-state index contributed by atoms with van der Waals surface area (Å²) in [5, 5.41) is 8.57. The summed E-state index contributed by atoms with van der Waals surface area (Å²) in [6.45, 7) is 0.283. The summed E-state index contributed by atoms with van der Waals surface area (Å²) in [6.07, 6.45) is -2.65. The fourth-order valence-electron chi connectivity index (χ4n) is 1.28. The minimum absolute atomic E-state index is 0.0764. The molecule has 108 valence electrons. The molecule has 0 aliphatic heterocycles. The maximum absolute atomic E-state index is 12.5. The van der Waals surface area contributed by atoms with Gasteiger partial charge in [-0.15, -0.1) is 0 Å². The van der Waals surface area contributed by atoms with Crippen LogP contribution in [0, 0.1) is 0 Å². The molecule has 1 aromatic rings. The molecular formula is C10H15F3N4O2. The van der Waals surface area contributed by atoms with Crippen LogP contribution in [0.2, 0.25) is 0 Å². The third-order valence-corrected chi connectivity index (χ3v) is 2.17. The molecule has 0 aliphatic rings. The van der Waals surface area contributed by atoms with Gasteiger partial charge in [-0.3, -0.25) is 5.43 Å². The molecule has 0 radical (unpaired) electrons. The van der Waals surface area contributed by atoms with Gasteiger partial charge in [-0.1, -0.05) is 0 Å². The summed E-state index contributed by atoms with van der Waals surface area (Å²) >= 11 is 0. The molecule has 0 fully saturated rings. The quantitative estimate of drug-likeness (QED) is 0.396. The van der Waals surface area contributed by atoms with E-state index < -0.39 is 11.9 Å². The first-order chi connectivity index (χ1) is 8.97. The SMILES string of the molecule is NNc1nc(OCCCCCO)cc(C(F)(F)F)n1. The number of nitrogen functional groups attached to an aromatic ring is 1. The van der Waals surface area contributed by atoms with E-state index in [-0.39, 0.29) is 25.0 Å². The van der Waals surface area contributed by atoms with Gasteiger partial charge in [-0.2, -0.15) is 18.2 Å². The zero-order valence-corrected chi connectivity index (χ0v) is 10.1. The highest BCUT2D eigenvalue weighted by molar-refractivity contribution is 5.30. The van der Waals surface area contributed by atoms with E-state index in [1.54, 1.807) is 0 Å². The summed E-state index contributed by atoms with van der Waals surface area (Å²) in [7, 11) is 0. The maximum atomic E-state index is 12.5. The molecule has 0 bridgehead atoms. The average Bonchev–Trinajstić information content (AvgIpc) is 2.37. The fraction of sp³-hybridized carbons (Fsp3) is 0.600. The Hall–Kier alpha value is -1.61. The zero-order chi connectivity index (χ0) is 14.3. The molecule has 0 saturated heterocycles. The molecule has 0 aromatic carbocycles. The van der Waals surface area contributed by atoms with Crippen molar-refractivity contribution in [2.24, 2.45) is 5.84 Å². The summed E-state index contributed by atoms with van der Waals surface area (Å²) < 4.78 is 42.7. The first kappa shape index (κ1) is 15.4. The Bertz CT molecular complexity index is 401. The first-order valence-corrected chi connectivity index (χ1v) is 5.64. The Labute approximate surface area is 107 Å². The number of aliphatic hydroxyl groups is 1. The van der Waals surface area contributed by atoms with Crippen LogP contribution in [0.1, 0.15) is 25.0 Å². The first-order valence-electron chi connectivity index (χ1n) is 5.64. The zero-order valence-electron chi connectivity index (χ0n) is 10.1.